The first-order chi connectivity index (χ1) is 14.0. The van der Waals surface area contributed by atoms with Crippen LogP contribution in [0.5, 0.6) is 0 Å². The van der Waals surface area contributed by atoms with Crippen LogP contribution in [0.2, 0.25) is 0 Å². The molecule has 4 rings (SSSR count). The van der Waals surface area contributed by atoms with Gasteiger partial charge in [0.1, 0.15) is 0 Å². The largest absolute Gasteiger partial charge is 0.337 e. The van der Waals surface area contributed by atoms with Crippen molar-refractivity contribution in [3.05, 3.63) is 77.0 Å². The van der Waals surface area contributed by atoms with Crippen LogP contribution < -0.4 is 10.9 Å². The van der Waals surface area contributed by atoms with Crippen LogP contribution in [-0.2, 0) is 0 Å². The average molecular weight is 387 g/mol. The summed E-state index contributed by atoms with van der Waals surface area (Å²) in [5, 5.41) is 3.41. The van der Waals surface area contributed by atoms with Crippen LogP contribution in [0.3, 0.4) is 0 Å². The molecule has 0 saturated carbocycles. The molecular formula is C22H21N5O2. The van der Waals surface area contributed by atoms with Crippen molar-refractivity contribution in [1.29, 1.82) is 0 Å². The number of carbonyl (C=O) groups excluding carboxylic acids is 1. The van der Waals surface area contributed by atoms with Crippen molar-refractivity contribution in [1.82, 2.24) is 24.6 Å². The first kappa shape index (κ1) is 18.8. The van der Waals surface area contributed by atoms with E-state index in [2.05, 4.69) is 15.3 Å². The first-order valence-corrected chi connectivity index (χ1v) is 9.28. The number of hydrogen-bond donors (Lipinski definition) is 1. The van der Waals surface area contributed by atoms with Crippen LogP contribution in [0.1, 0.15) is 17.3 Å². The zero-order chi connectivity index (χ0) is 20.5. The van der Waals surface area contributed by atoms with Gasteiger partial charge < -0.3 is 5.32 Å². The van der Waals surface area contributed by atoms with Crippen molar-refractivity contribution >= 4 is 22.5 Å². The van der Waals surface area contributed by atoms with Crippen LogP contribution in [0.15, 0.2) is 65.8 Å². The van der Waals surface area contributed by atoms with Gasteiger partial charge in [0.15, 0.2) is 5.65 Å². The highest BCUT2D eigenvalue weighted by Crippen LogP contribution is 2.22. The minimum atomic E-state index is -0.279. The molecule has 1 amide bonds. The molecule has 0 spiro atoms. The summed E-state index contributed by atoms with van der Waals surface area (Å²) in [5.41, 5.74) is 2.85. The Bertz CT molecular complexity index is 1260. The number of amides is 1. The summed E-state index contributed by atoms with van der Waals surface area (Å²) >= 11 is 0. The third kappa shape index (κ3) is 3.48. The van der Waals surface area contributed by atoms with E-state index in [0.717, 1.165) is 11.1 Å². The van der Waals surface area contributed by atoms with Gasteiger partial charge in [0.25, 0.3) is 11.5 Å². The Morgan fingerprint density at radius 3 is 2.69 bits per heavy atom. The second-order valence-electron chi connectivity index (χ2n) is 7.12. The number of nitrogens with one attached hydrogen (secondary N) is 1. The predicted octanol–water partition coefficient (Wildman–Crippen LogP) is 2.55. The van der Waals surface area contributed by atoms with Gasteiger partial charge in [-0.3, -0.25) is 23.9 Å². The molecule has 29 heavy (non-hydrogen) atoms. The number of carbonyl (C=O) groups is 1. The van der Waals surface area contributed by atoms with Crippen LogP contribution in [0.25, 0.3) is 27.7 Å². The van der Waals surface area contributed by atoms with Crippen molar-refractivity contribution in [2.24, 2.45) is 0 Å². The lowest BCUT2D eigenvalue weighted by Gasteiger charge is -2.21. The van der Waals surface area contributed by atoms with Gasteiger partial charge in [-0.15, -0.1) is 0 Å². The summed E-state index contributed by atoms with van der Waals surface area (Å²) in [4.78, 5) is 36.5. The fourth-order valence-electron chi connectivity index (χ4n) is 3.11. The molecular weight excluding hydrogens is 366 g/mol. The number of pyridine rings is 2. The standard InChI is InChI=1S/C22H21N5O2/c1-14(26(2)3)24-21(28)18-7-5-11-27-20(18)25-19-12-15(8-9-17(19)22(27)29)16-6-4-10-23-13-16/h4-14H,1-3H3,(H,24,28). The Hall–Kier alpha value is -3.58. The summed E-state index contributed by atoms with van der Waals surface area (Å²) in [6, 6.07) is 12.7. The SMILES string of the molecule is CC(NC(=O)c1cccn2c(=O)c3ccc(-c4cccnc4)cc3nc12)N(C)C. The number of fused-ring (bicyclic) bond motifs is 2. The molecule has 7 nitrogen and oxygen atoms in total. The van der Waals surface area contributed by atoms with Gasteiger partial charge in [0.05, 0.1) is 22.6 Å². The highest BCUT2D eigenvalue weighted by Gasteiger charge is 2.17. The summed E-state index contributed by atoms with van der Waals surface area (Å²) < 4.78 is 1.42. The first-order valence-electron chi connectivity index (χ1n) is 9.28. The van der Waals surface area contributed by atoms with Crippen LogP contribution >= 0.6 is 0 Å². The fourth-order valence-corrected chi connectivity index (χ4v) is 3.11. The van der Waals surface area contributed by atoms with Gasteiger partial charge in [-0.05, 0) is 56.9 Å². The number of aromatic nitrogens is 3. The van der Waals surface area contributed by atoms with Crippen LogP contribution in [0.4, 0.5) is 0 Å². The molecule has 0 radical (unpaired) electrons. The van der Waals surface area contributed by atoms with E-state index < -0.39 is 0 Å². The molecule has 1 atom stereocenters. The van der Waals surface area contributed by atoms with Gasteiger partial charge in [-0.1, -0.05) is 12.1 Å². The topological polar surface area (TPSA) is 79.6 Å². The highest BCUT2D eigenvalue weighted by molar-refractivity contribution is 6.00. The maximum atomic E-state index is 13.0. The molecule has 0 aliphatic rings. The van der Waals surface area contributed by atoms with E-state index in [1.807, 2.05) is 50.2 Å². The van der Waals surface area contributed by atoms with Gasteiger partial charge in [-0.25, -0.2) is 4.98 Å². The third-order valence-electron chi connectivity index (χ3n) is 4.99. The van der Waals surface area contributed by atoms with E-state index in [4.69, 9.17) is 0 Å². The number of benzene rings is 1. The molecule has 0 aliphatic carbocycles. The molecule has 7 heteroatoms. The minimum Gasteiger partial charge on any atom is -0.337 e. The van der Waals surface area contributed by atoms with Gasteiger partial charge in [0.2, 0.25) is 0 Å². The van der Waals surface area contributed by atoms with Crippen molar-refractivity contribution in [3.63, 3.8) is 0 Å². The molecule has 1 aromatic carbocycles. The Morgan fingerprint density at radius 2 is 1.97 bits per heavy atom. The molecule has 0 aliphatic heterocycles. The normalized spacial score (nSPS) is 12.4. The summed E-state index contributed by atoms with van der Waals surface area (Å²) in [5.74, 6) is -0.279. The number of nitrogens with zero attached hydrogens (tertiary/aromatic N) is 4. The van der Waals surface area contributed by atoms with Gasteiger partial charge in [0, 0.05) is 24.2 Å². The molecule has 1 N–H and O–H groups in total. The maximum absolute atomic E-state index is 13.0. The lowest BCUT2D eigenvalue weighted by Crippen LogP contribution is -2.42. The second kappa shape index (κ2) is 7.44. The smallest absolute Gasteiger partial charge is 0.265 e. The monoisotopic (exact) mass is 387 g/mol. The second-order valence-corrected chi connectivity index (χ2v) is 7.12. The van der Waals surface area contributed by atoms with Crippen LogP contribution in [-0.4, -0.2) is 45.4 Å². The van der Waals surface area contributed by atoms with E-state index in [1.165, 1.54) is 4.40 Å². The van der Waals surface area contributed by atoms with Crippen LogP contribution in [0, 0.1) is 0 Å². The van der Waals surface area contributed by atoms with E-state index in [1.54, 1.807) is 36.8 Å². The van der Waals surface area contributed by atoms with Crippen molar-refractivity contribution in [3.8, 4) is 11.1 Å². The molecule has 1 unspecified atom stereocenters. The Kier molecular flexibility index (Phi) is 4.82. The Balaban J connectivity index is 1.89. The summed E-state index contributed by atoms with van der Waals surface area (Å²) in [6.45, 7) is 1.89. The fraction of sp³-hybridized carbons (Fsp3) is 0.182. The third-order valence-corrected chi connectivity index (χ3v) is 4.99. The molecule has 146 valence electrons. The Labute approximate surface area is 167 Å². The Morgan fingerprint density at radius 1 is 1.14 bits per heavy atom. The highest BCUT2D eigenvalue weighted by atomic mass is 16.2. The molecule has 0 fully saturated rings. The average Bonchev–Trinajstić information content (AvgIpc) is 2.73. The summed E-state index contributed by atoms with van der Waals surface area (Å²) in [7, 11) is 3.76. The summed E-state index contributed by atoms with van der Waals surface area (Å²) in [6.07, 6.45) is 4.94. The predicted molar refractivity (Wildman–Crippen MR) is 113 cm³/mol. The van der Waals surface area contributed by atoms with Crippen molar-refractivity contribution < 1.29 is 4.79 Å². The van der Waals surface area contributed by atoms with Gasteiger partial charge in [-0.2, -0.15) is 0 Å². The molecule has 0 saturated heterocycles. The lowest BCUT2D eigenvalue weighted by molar-refractivity contribution is 0.0901. The van der Waals surface area contributed by atoms with E-state index in [9.17, 15) is 9.59 Å². The van der Waals surface area contributed by atoms with Crippen molar-refractivity contribution in [2.45, 2.75) is 13.1 Å². The minimum absolute atomic E-state index is 0.160. The zero-order valence-corrected chi connectivity index (χ0v) is 16.5. The van der Waals surface area contributed by atoms with E-state index in [0.29, 0.717) is 22.1 Å². The number of hydrogen-bond acceptors (Lipinski definition) is 5. The quantitative estimate of drug-likeness (QED) is 0.430. The lowest BCUT2D eigenvalue weighted by atomic mass is 10.1. The maximum Gasteiger partial charge on any atom is 0.265 e. The molecule has 4 aromatic rings. The van der Waals surface area contributed by atoms with E-state index in [-0.39, 0.29) is 17.6 Å². The van der Waals surface area contributed by atoms with E-state index >= 15 is 0 Å². The number of rotatable bonds is 4. The molecule has 0 bridgehead atoms. The molecule has 3 aromatic heterocycles. The van der Waals surface area contributed by atoms with Crippen molar-refractivity contribution in [2.75, 3.05) is 14.1 Å². The zero-order valence-electron chi connectivity index (χ0n) is 16.5. The van der Waals surface area contributed by atoms with Gasteiger partial charge >= 0.3 is 0 Å². The molecule has 3 heterocycles.